The van der Waals surface area contributed by atoms with Gasteiger partial charge in [0.05, 0.1) is 5.69 Å². The number of nitrogens with two attached hydrogens (primary N) is 1. The Balaban J connectivity index is 1.83. The summed E-state index contributed by atoms with van der Waals surface area (Å²) >= 11 is 0. The molecule has 6 nitrogen and oxygen atoms in total. The van der Waals surface area contributed by atoms with Crippen LogP contribution in [0.1, 0.15) is 36.1 Å². The van der Waals surface area contributed by atoms with Crippen molar-refractivity contribution in [2.75, 3.05) is 13.1 Å². The summed E-state index contributed by atoms with van der Waals surface area (Å²) in [5, 5.41) is 0. The molecule has 0 bridgehead atoms. The molecule has 1 aromatic heterocycles. The highest BCUT2D eigenvalue weighted by atomic mass is 16.1. The number of H-pyrrole nitrogens is 1. The van der Waals surface area contributed by atoms with Crippen molar-refractivity contribution >= 4 is 11.9 Å². The Bertz CT molecular complexity index is 776. The number of aryl methyl sites for hydroxylation is 1. The lowest BCUT2D eigenvalue weighted by atomic mass is 10.1. The van der Waals surface area contributed by atoms with Gasteiger partial charge in [-0.2, -0.15) is 4.99 Å². The predicted molar refractivity (Wildman–Crippen MR) is 95.5 cm³/mol. The zero-order chi connectivity index (χ0) is 16.9. The van der Waals surface area contributed by atoms with Gasteiger partial charge in [0.25, 0.3) is 5.56 Å². The van der Waals surface area contributed by atoms with Crippen LogP contribution in [0.4, 0.5) is 5.95 Å². The highest BCUT2D eigenvalue weighted by Crippen LogP contribution is 2.13. The predicted octanol–water partition coefficient (Wildman–Crippen LogP) is 2.10. The zero-order valence-corrected chi connectivity index (χ0v) is 14.0. The number of piperidine rings is 1. The Kier molecular flexibility index (Phi) is 4.93. The van der Waals surface area contributed by atoms with Crippen molar-refractivity contribution in [1.29, 1.82) is 0 Å². The van der Waals surface area contributed by atoms with Gasteiger partial charge in [-0.15, -0.1) is 0 Å². The molecule has 0 radical (unpaired) electrons. The first-order valence-corrected chi connectivity index (χ1v) is 8.36. The van der Waals surface area contributed by atoms with E-state index in [1.165, 1.54) is 6.42 Å². The first-order valence-electron chi connectivity index (χ1n) is 8.36. The third-order valence-electron chi connectivity index (χ3n) is 4.33. The minimum Gasteiger partial charge on any atom is -0.369 e. The zero-order valence-electron chi connectivity index (χ0n) is 14.0. The Hall–Kier alpha value is -2.63. The van der Waals surface area contributed by atoms with E-state index in [-0.39, 0.29) is 11.5 Å². The summed E-state index contributed by atoms with van der Waals surface area (Å²) in [5.74, 6) is 0.699. The van der Waals surface area contributed by atoms with Gasteiger partial charge in [0.1, 0.15) is 0 Å². The van der Waals surface area contributed by atoms with Crippen LogP contribution >= 0.6 is 0 Å². The van der Waals surface area contributed by atoms with Crippen LogP contribution in [0.5, 0.6) is 0 Å². The smallest absolute Gasteiger partial charge is 0.256 e. The Morgan fingerprint density at radius 2 is 1.96 bits per heavy atom. The Labute approximate surface area is 141 Å². The molecule has 3 N–H and O–H groups in total. The van der Waals surface area contributed by atoms with Crippen LogP contribution < -0.4 is 11.3 Å². The van der Waals surface area contributed by atoms with Crippen LogP contribution in [-0.2, 0) is 6.42 Å². The topological polar surface area (TPSA) is 87.4 Å². The molecule has 0 aliphatic carbocycles. The van der Waals surface area contributed by atoms with E-state index in [0.29, 0.717) is 23.6 Å². The van der Waals surface area contributed by atoms with Crippen LogP contribution in [0.15, 0.2) is 40.1 Å². The normalized spacial score (nSPS) is 15.5. The molecule has 6 heteroatoms. The van der Waals surface area contributed by atoms with Gasteiger partial charge in [0.2, 0.25) is 5.95 Å². The number of guanidine groups is 1. The average Bonchev–Trinajstić information content (AvgIpc) is 2.60. The highest BCUT2D eigenvalue weighted by Gasteiger charge is 2.13. The van der Waals surface area contributed by atoms with E-state index < -0.39 is 0 Å². The molecule has 0 saturated carbocycles. The number of benzene rings is 1. The van der Waals surface area contributed by atoms with Crippen molar-refractivity contribution < 1.29 is 0 Å². The fraction of sp³-hybridized carbons (Fsp3) is 0.389. The number of hydrogen-bond acceptors (Lipinski definition) is 3. The molecule has 1 aliphatic rings. The maximum Gasteiger partial charge on any atom is 0.256 e. The molecular formula is C18H23N5O. The SMILES string of the molecule is Cc1nc(N=C(N)N2CCCCC2)[nH]c(=O)c1Cc1ccccc1. The third kappa shape index (κ3) is 3.82. The second-order valence-corrected chi connectivity index (χ2v) is 6.13. The summed E-state index contributed by atoms with van der Waals surface area (Å²) in [6.07, 6.45) is 4.02. The van der Waals surface area contributed by atoms with Crippen molar-refractivity contribution in [1.82, 2.24) is 14.9 Å². The minimum absolute atomic E-state index is 0.156. The van der Waals surface area contributed by atoms with Gasteiger partial charge in [-0.25, -0.2) is 4.98 Å². The van der Waals surface area contributed by atoms with E-state index in [1.54, 1.807) is 0 Å². The molecule has 1 aromatic carbocycles. The van der Waals surface area contributed by atoms with Gasteiger partial charge in [0.15, 0.2) is 5.96 Å². The molecule has 1 saturated heterocycles. The van der Waals surface area contributed by atoms with E-state index >= 15 is 0 Å². The third-order valence-corrected chi connectivity index (χ3v) is 4.33. The molecule has 3 rings (SSSR count). The Morgan fingerprint density at radius 3 is 2.62 bits per heavy atom. The number of nitrogens with zero attached hydrogens (tertiary/aromatic N) is 3. The Morgan fingerprint density at radius 1 is 1.25 bits per heavy atom. The van der Waals surface area contributed by atoms with Crippen molar-refractivity contribution in [3.63, 3.8) is 0 Å². The number of hydrogen-bond donors (Lipinski definition) is 2. The summed E-state index contributed by atoms with van der Waals surface area (Å²) in [4.78, 5) is 25.9. The van der Waals surface area contributed by atoms with E-state index in [2.05, 4.69) is 15.0 Å². The first kappa shape index (κ1) is 16.2. The van der Waals surface area contributed by atoms with E-state index in [4.69, 9.17) is 5.73 Å². The van der Waals surface area contributed by atoms with E-state index in [1.807, 2.05) is 42.2 Å². The molecule has 0 amide bonds. The number of aromatic amines is 1. The molecule has 0 atom stereocenters. The highest BCUT2D eigenvalue weighted by molar-refractivity contribution is 5.80. The minimum atomic E-state index is -0.156. The van der Waals surface area contributed by atoms with Crippen molar-refractivity contribution in [3.8, 4) is 0 Å². The van der Waals surface area contributed by atoms with Crippen molar-refractivity contribution in [2.24, 2.45) is 10.7 Å². The molecule has 1 fully saturated rings. The largest absolute Gasteiger partial charge is 0.369 e. The van der Waals surface area contributed by atoms with Gasteiger partial charge < -0.3 is 10.6 Å². The molecule has 2 heterocycles. The maximum absolute atomic E-state index is 12.4. The lowest BCUT2D eigenvalue weighted by Gasteiger charge is -2.27. The lowest BCUT2D eigenvalue weighted by Crippen LogP contribution is -2.40. The molecular weight excluding hydrogens is 302 g/mol. The van der Waals surface area contributed by atoms with Crippen LogP contribution in [0.2, 0.25) is 0 Å². The fourth-order valence-electron chi connectivity index (χ4n) is 2.96. The molecule has 2 aromatic rings. The maximum atomic E-state index is 12.4. The summed E-state index contributed by atoms with van der Waals surface area (Å²) < 4.78 is 0. The molecule has 1 aliphatic heterocycles. The van der Waals surface area contributed by atoms with Crippen LogP contribution in [0.3, 0.4) is 0 Å². The monoisotopic (exact) mass is 325 g/mol. The fourth-order valence-corrected chi connectivity index (χ4v) is 2.96. The quantitative estimate of drug-likeness (QED) is 0.668. The van der Waals surface area contributed by atoms with Crippen molar-refractivity contribution in [3.05, 3.63) is 57.5 Å². The second-order valence-electron chi connectivity index (χ2n) is 6.13. The number of aliphatic imine (C=N–C) groups is 1. The van der Waals surface area contributed by atoms with Gasteiger partial charge in [-0.05, 0) is 31.7 Å². The summed E-state index contributed by atoms with van der Waals surface area (Å²) in [6, 6.07) is 9.88. The number of likely N-dealkylation sites (tertiary alicyclic amines) is 1. The van der Waals surface area contributed by atoms with Crippen molar-refractivity contribution in [2.45, 2.75) is 32.6 Å². The summed E-state index contributed by atoms with van der Waals surface area (Å²) in [6.45, 7) is 3.65. The van der Waals surface area contributed by atoms with E-state index in [0.717, 1.165) is 31.5 Å². The van der Waals surface area contributed by atoms with Crippen LogP contribution in [-0.4, -0.2) is 33.9 Å². The number of nitrogens with one attached hydrogen (secondary N) is 1. The number of rotatable bonds is 3. The molecule has 0 unspecified atom stereocenters. The van der Waals surface area contributed by atoms with Crippen LogP contribution in [0, 0.1) is 6.92 Å². The molecule has 24 heavy (non-hydrogen) atoms. The average molecular weight is 325 g/mol. The molecule has 0 spiro atoms. The van der Waals surface area contributed by atoms with Gasteiger partial charge in [-0.1, -0.05) is 30.3 Å². The number of aromatic nitrogens is 2. The van der Waals surface area contributed by atoms with Gasteiger partial charge in [-0.3, -0.25) is 9.78 Å². The molecule has 126 valence electrons. The van der Waals surface area contributed by atoms with E-state index in [9.17, 15) is 4.79 Å². The van der Waals surface area contributed by atoms with Gasteiger partial charge >= 0.3 is 0 Å². The second kappa shape index (κ2) is 7.29. The summed E-state index contributed by atoms with van der Waals surface area (Å²) in [7, 11) is 0. The van der Waals surface area contributed by atoms with Gasteiger partial charge in [0, 0.05) is 25.1 Å². The standard InChI is InChI=1S/C18H23N5O/c1-13-15(12-14-8-4-2-5-9-14)16(24)21-18(20-13)22-17(19)23-10-6-3-7-11-23/h2,4-5,8-9H,3,6-7,10-12H2,1H3,(H3,19,20,21,22,24). The lowest BCUT2D eigenvalue weighted by molar-refractivity contribution is 0.339. The first-order chi connectivity index (χ1) is 11.6. The summed E-state index contributed by atoms with van der Waals surface area (Å²) in [5.41, 5.74) is 8.33. The van der Waals surface area contributed by atoms with Crippen LogP contribution in [0.25, 0.3) is 0 Å².